The number of nitrogens with one attached hydrogen (secondary N) is 1. The van der Waals surface area contributed by atoms with Crippen LogP contribution in [0.25, 0.3) is 21.1 Å². The van der Waals surface area contributed by atoms with Gasteiger partial charge in [-0.05, 0) is 49.4 Å². The second kappa shape index (κ2) is 12.1. The fourth-order valence-electron chi connectivity index (χ4n) is 4.42. The molecule has 1 amide bonds. The minimum absolute atomic E-state index is 0.0675. The lowest BCUT2D eigenvalue weighted by atomic mass is 9.96. The molecule has 8 nitrogen and oxygen atoms in total. The van der Waals surface area contributed by atoms with E-state index in [2.05, 4.69) is 22.3 Å². The molecule has 0 spiro atoms. The van der Waals surface area contributed by atoms with Crippen molar-refractivity contribution in [3.05, 3.63) is 53.2 Å². The summed E-state index contributed by atoms with van der Waals surface area (Å²) in [5, 5.41) is 19.2. The molecule has 2 aromatic heterocycles. The Morgan fingerprint density at radius 2 is 2.00 bits per heavy atom. The highest BCUT2D eigenvalue weighted by atomic mass is 32.1. The lowest BCUT2D eigenvalue weighted by Gasteiger charge is -2.15. The SMILES string of the molecule is CCCC(CCCC(=O)c1nc2ccccc2s1)Cn1cc2c(O)c(C(=O)NCCOC)ccc2n1. The topological polar surface area (TPSA) is 106 Å². The first-order chi connectivity index (χ1) is 17.5. The van der Waals surface area contributed by atoms with Crippen LogP contribution in [0.2, 0.25) is 0 Å². The van der Waals surface area contributed by atoms with E-state index in [4.69, 9.17) is 4.74 Å². The van der Waals surface area contributed by atoms with Crippen LogP contribution < -0.4 is 5.32 Å². The Bertz CT molecular complexity index is 1310. The minimum Gasteiger partial charge on any atom is -0.506 e. The first-order valence-electron chi connectivity index (χ1n) is 12.3. The number of methoxy groups -OCH3 is 1. The number of rotatable bonds is 13. The lowest BCUT2D eigenvalue weighted by Crippen LogP contribution is -2.26. The number of phenols is 1. The van der Waals surface area contributed by atoms with Crippen molar-refractivity contribution >= 4 is 44.1 Å². The number of fused-ring (bicyclic) bond motifs is 2. The molecule has 0 aliphatic carbocycles. The van der Waals surface area contributed by atoms with Crippen molar-refractivity contribution in [1.29, 1.82) is 0 Å². The van der Waals surface area contributed by atoms with Gasteiger partial charge in [-0.25, -0.2) is 4.98 Å². The van der Waals surface area contributed by atoms with Crippen LogP contribution in [-0.4, -0.2) is 51.8 Å². The summed E-state index contributed by atoms with van der Waals surface area (Å²) >= 11 is 1.46. The number of ether oxygens (including phenoxy) is 1. The summed E-state index contributed by atoms with van der Waals surface area (Å²) in [4.78, 5) is 29.6. The maximum atomic E-state index is 12.7. The van der Waals surface area contributed by atoms with Gasteiger partial charge in [-0.2, -0.15) is 5.10 Å². The van der Waals surface area contributed by atoms with Crippen molar-refractivity contribution in [3.8, 4) is 5.75 Å². The van der Waals surface area contributed by atoms with E-state index in [1.54, 1.807) is 25.4 Å². The number of ketones is 1. The van der Waals surface area contributed by atoms with E-state index in [-0.39, 0.29) is 23.0 Å². The quantitative estimate of drug-likeness (QED) is 0.190. The standard InChI is InChI=1S/C27H32N4O4S/c1-3-7-18(8-6-10-23(32)27-29-22-9-4-5-11-24(22)36-27)16-31-17-20-21(30-31)13-12-19(25(20)33)26(34)28-14-15-35-2/h4-5,9,11-13,17-18,33H,3,6-8,10,14-16H2,1-2H3,(H,28,34). The smallest absolute Gasteiger partial charge is 0.255 e. The molecular formula is C27H32N4O4S. The van der Waals surface area contributed by atoms with E-state index in [1.807, 2.05) is 28.9 Å². The largest absolute Gasteiger partial charge is 0.506 e. The predicted octanol–water partition coefficient (Wildman–Crippen LogP) is 5.20. The second-order valence-corrected chi connectivity index (χ2v) is 9.98. The average molecular weight is 509 g/mol. The van der Waals surface area contributed by atoms with E-state index < -0.39 is 0 Å². The third-order valence-electron chi connectivity index (χ3n) is 6.24. The van der Waals surface area contributed by atoms with Crippen LogP contribution in [0, 0.1) is 5.92 Å². The molecule has 0 fully saturated rings. The van der Waals surface area contributed by atoms with Crippen LogP contribution in [0.3, 0.4) is 0 Å². The van der Waals surface area contributed by atoms with Crippen LogP contribution in [0.1, 0.15) is 59.2 Å². The zero-order valence-electron chi connectivity index (χ0n) is 20.7. The molecule has 0 aliphatic rings. The molecule has 0 radical (unpaired) electrons. The summed E-state index contributed by atoms with van der Waals surface area (Å²) in [5.41, 5.74) is 1.73. The summed E-state index contributed by atoms with van der Waals surface area (Å²) in [7, 11) is 1.57. The molecule has 0 aliphatic heterocycles. The van der Waals surface area contributed by atoms with Crippen LogP contribution in [0.15, 0.2) is 42.6 Å². The number of thiazole rings is 1. The maximum Gasteiger partial charge on any atom is 0.255 e. The van der Waals surface area contributed by atoms with Crippen molar-refractivity contribution in [1.82, 2.24) is 20.1 Å². The zero-order valence-corrected chi connectivity index (χ0v) is 21.5. The fraction of sp³-hybridized carbons (Fsp3) is 0.407. The number of nitrogens with zero attached hydrogens (tertiary/aromatic N) is 3. The van der Waals surface area contributed by atoms with Gasteiger partial charge < -0.3 is 15.2 Å². The second-order valence-electron chi connectivity index (χ2n) is 8.95. The van der Waals surface area contributed by atoms with Crippen LogP contribution >= 0.6 is 11.3 Å². The van der Waals surface area contributed by atoms with E-state index in [0.29, 0.717) is 47.9 Å². The number of hydrogen-bond acceptors (Lipinski definition) is 7. The van der Waals surface area contributed by atoms with Crippen LogP contribution in [0.5, 0.6) is 5.75 Å². The normalized spacial score (nSPS) is 12.3. The summed E-state index contributed by atoms with van der Waals surface area (Å²) in [6, 6.07) is 11.2. The average Bonchev–Trinajstić information content (AvgIpc) is 3.49. The Kier molecular flexibility index (Phi) is 8.66. The monoisotopic (exact) mass is 508 g/mol. The van der Waals surface area contributed by atoms with Crippen molar-refractivity contribution in [2.75, 3.05) is 20.3 Å². The summed E-state index contributed by atoms with van der Waals surface area (Å²) in [6.45, 7) is 3.61. The number of Topliss-reactive ketones (excluding diaryl/α,β-unsaturated/α-hetero) is 1. The molecular weight excluding hydrogens is 476 g/mol. The Balaban J connectivity index is 1.38. The van der Waals surface area contributed by atoms with Crippen LogP contribution in [0.4, 0.5) is 0 Å². The van der Waals surface area contributed by atoms with Gasteiger partial charge in [-0.15, -0.1) is 11.3 Å². The molecule has 2 N–H and O–H groups in total. The number of carbonyl (C=O) groups excluding carboxylic acids is 2. The molecule has 4 aromatic rings. The van der Waals surface area contributed by atoms with Crippen molar-refractivity contribution in [3.63, 3.8) is 0 Å². The third-order valence-corrected chi connectivity index (χ3v) is 7.31. The van der Waals surface area contributed by atoms with Gasteiger partial charge in [-0.1, -0.05) is 25.5 Å². The number of aromatic nitrogens is 3. The van der Waals surface area contributed by atoms with E-state index in [9.17, 15) is 14.7 Å². The van der Waals surface area contributed by atoms with Gasteiger partial charge >= 0.3 is 0 Å². The summed E-state index contributed by atoms with van der Waals surface area (Å²) in [5.74, 6) is 0.0342. The van der Waals surface area contributed by atoms with Gasteiger partial charge in [0.15, 0.2) is 10.8 Å². The Labute approximate surface area is 214 Å². The number of aromatic hydroxyl groups is 1. The van der Waals surface area contributed by atoms with Crippen molar-refractivity contribution < 1.29 is 19.4 Å². The predicted molar refractivity (Wildman–Crippen MR) is 142 cm³/mol. The third kappa shape index (κ3) is 6.09. The number of para-hydroxylation sites is 1. The fourth-order valence-corrected chi connectivity index (χ4v) is 5.35. The molecule has 1 unspecified atom stereocenters. The Morgan fingerprint density at radius 3 is 2.78 bits per heavy atom. The molecule has 1 atom stereocenters. The number of phenolic OH excluding ortho intramolecular Hbond substituents is 1. The number of amides is 1. The van der Waals surface area contributed by atoms with Gasteiger partial charge in [0.05, 0.1) is 33.3 Å². The van der Waals surface area contributed by atoms with Gasteiger partial charge in [0, 0.05) is 32.8 Å². The Hall–Kier alpha value is -3.30. The molecule has 0 saturated carbocycles. The number of hydrogen-bond donors (Lipinski definition) is 2. The highest BCUT2D eigenvalue weighted by Gasteiger charge is 2.18. The van der Waals surface area contributed by atoms with Gasteiger partial charge in [0.25, 0.3) is 5.91 Å². The highest BCUT2D eigenvalue weighted by molar-refractivity contribution is 7.20. The number of benzene rings is 2. The van der Waals surface area contributed by atoms with Gasteiger partial charge in [0.1, 0.15) is 5.75 Å². The van der Waals surface area contributed by atoms with Gasteiger partial charge in [-0.3, -0.25) is 14.3 Å². The van der Waals surface area contributed by atoms with Gasteiger partial charge in [0.2, 0.25) is 0 Å². The zero-order chi connectivity index (χ0) is 25.5. The minimum atomic E-state index is -0.346. The molecule has 4 rings (SSSR count). The summed E-state index contributed by atoms with van der Waals surface area (Å²) in [6.07, 6.45) is 6.02. The molecule has 9 heteroatoms. The van der Waals surface area contributed by atoms with Crippen molar-refractivity contribution in [2.24, 2.45) is 5.92 Å². The molecule has 36 heavy (non-hydrogen) atoms. The molecule has 2 aromatic carbocycles. The first-order valence-corrected chi connectivity index (χ1v) is 13.2. The first kappa shape index (κ1) is 25.8. The Morgan fingerprint density at radius 1 is 1.17 bits per heavy atom. The van der Waals surface area contributed by atoms with Crippen molar-refractivity contribution in [2.45, 2.75) is 45.6 Å². The molecule has 190 valence electrons. The van der Waals surface area contributed by atoms with E-state index in [0.717, 1.165) is 35.9 Å². The summed E-state index contributed by atoms with van der Waals surface area (Å²) < 4.78 is 7.83. The number of carbonyl (C=O) groups is 2. The lowest BCUT2D eigenvalue weighted by molar-refractivity contribution is 0.0933. The highest BCUT2D eigenvalue weighted by Crippen LogP contribution is 2.29. The maximum absolute atomic E-state index is 12.7. The van der Waals surface area contributed by atoms with Crippen LogP contribution in [-0.2, 0) is 11.3 Å². The molecule has 0 bridgehead atoms. The molecule has 2 heterocycles. The molecule has 0 saturated heterocycles. The van der Waals surface area contributed by atoms with E-state index >= 15 is 0 Å². The van der Waals surface area contributed by atoms with E-state index in [1.165, 1.54) is 11.3 Å².